The van der Waals surface area contributed by atoms with Crippen LogP contribution in [0, 0.1) is 23.2 Å². The van der Waals surface area contributed by atoms with Crippen molar-refractivity contribution in [3.8, 4) is 6.07 Å². The zero-order chi connectivity index (χ0) is 10.8. The highest BCUT2D eigenvalue weighted by atomic mass is 16.2. The standard InChI is InChI=1S/C11H17N3O/c1-9-8-10(9)11(15)14-6-4-13(3-2-12)5-7-14/h9-10H,3-8H2,1H3. The van der Waals surface area contributed by atoms with Crippen molar-refractivity contribution in [2.75, 3.05) is 32.7 Å². The van der Waals surface area contributed by atoms with Crippen molar-refractivity contribution < 1.29 is 4.79 Å². The molecule has 0 aromatic heterocycles. The summed E-state index contributed by atoms with van der Waals surface area (Å²) in [5.74, 6) is 1.22. The van der Waals surface area contributed by atoms with E-state index in [1.165, 1.54) is 0 Å². The van der Waals surface area contributed by atoms with Crippen molar-refractivity contribution in [1.29, 1.82) is 5.26 Å². The second kappa shape index (κ2) is 4.19. The SMILES string of the molecule is CC1CC1C(=O)N1CCN(CC#N)CC1. The van der Waals surface area contributed by atoms with Gasteiger partial charge in [-0.05, 0) is 12.3 Å². The predicted octanol–water partition coefficient (Wildman–Crippen LogP) is 0.310. The van der Waals surface area contributed by atoms with E-state index in [0.29, 0.717) is 24.3 Å². The Morgan fingerprint density at radius 1 is 1.40 bits per heavy atom. The van der Waals surface area contributed by atoms with Gasteiger partial charge in [-0.1, -0.05) is 6.92 Å². The smallest absolute Gasteiger partial charge is 0.226 e. The van der Waals surface area contributed by atoms with E-state index in [4.69, 9.17) is 5.26 Å². The van der Waals surface area contributed by atoms with E-state index in [0.717, 1.165) is 32.6 Å². The van der Waals surface area contributed by atoms with Crippen LogP contribution < -0.4 is 0 Å². The van der Waals surface area contributed by atoms with Crippen molar-refractivity contribution in [1.82, 2.24) is 9.80 Å². The van der Waals surface area contributed by atoms with Gasteiger partial charge in [-0.3, -0.25) is 9.69 Å². The molecule has 2 rings (SSSR count). The summed E-state index contributed by atoms with van der Waals surface area (Å²) < 4.78 is 0. The summed E-state index contributed by atoms with van der Waals surface area (Å²) in [7, 11) is 0. The molecule has 4 heteroatoms. The van der Waals surface area contributed by atoms with E-state index in [-0.39, 0.29) is 0 Å². The molecule has 1 saturated carbocycles. The van der Waals surface area contributed by atoms with Crippen LogP contribution >= 0.6 is 0 Å². The lowest BCUT2D eigenvalue weighted by molar-refractivity contribution is -0.134. The first-order valence-corrected chi connectivity index (χ1v) is 5.60. The average molecular weight is 207 g/mol. The summed E-state index contributed by atoms with van der Waals surface area (Å²) >= 11 is 0. The van der Waals surface area contributed by atoms with Gasteiger partial charge in [0, 0.05) is 32.1 Å². The fraction of sp³-hybridized carbons (Fsp3) is 0.818. The second-order valence-electron chi connectivity index (χ2n) is 4.58. The molecule has 0 bridgehead atoms. The van der Waals surface area contributed by atoms with Gasteiger partial charge in [0.25, 0.3) is 0 Å². The van der Waals surface area contributed by atoms with Gasteiger partial charge in [-0.25, -0.2) is 0 Å². The predicted molar refractivity (Wildman–Crippen MR) is 55.9 cm³/mol. The van der Waals surface area contributed by atoms with Gasteiger partial charge in [0.1, 0.15) is 0 Å². The lowest BCUT2D eigenvalue weighted by Crippen LogP contribution is -2.49. The number of nitrogens with zero attached hydrogens (tertiary/aromatic N) is 3. The van der Waals surface area contributed by atoms with E-state index in [1.807, 2.05) is 4.90 Å². The molecule has 2 unspecified atom stereocenters. The molecule has 0 aromatic carbocycles. The van der Waals surface area contributed by atoms with Crippen LogP contribution in [-0.2, 0) is 4.79 Å². The van der Waals surface area contributed by atoms with Gasteiger partial charge in [-0.15, -0.1) is 0 Å². The van der Waals surface area contributed by atoms with Crippen molar-refractivity contribution >= 4 is 5.91 Å². The number of piperazine rings is 1. The Morgan fingerprint density at radius 3 is 2.47 bits per heavy atom. The number of carbonyl (C=O) groups excluding carboxylic acids is 1. The lowest BCUT2D eigenvalue weighted by atomic mass is 10.2. The largest absolute Gasteiger partial charge is 0.340 e. The molecule has 0 radical (unpaired) electrons. The lowest BCUT2D eigenvalue weighted by Gasteiger charge is -2.33. The Hall–Kier alpha value is -1.08. The van der Waals surface area contributed by atoms with E-state index >= 15 is 0 Å². The number of hydrogen-bond acceptors (Lipinski definition) is 3. The molecule has 82 valence electrons. The maximum absolute atomic E-state index is 11.9. The Morgan fingerprint density at radius 2 is 2.00 bits per heavy atom. The van der Waals surface area contributed by atoms with Crippen molar-refractivity contribution in [2.45, 2.75) is 13.3 Å². The maximum atomic E-state index is 11.9. The Bertz CT molecular complexity index is 289. The van der Waals surface area contributed by atoms with Gasteiger partial charge < -0.3 is 4.90 Å². The van der Waals surface area contributed by atoms with Crippen LogP contribution in [0.5, 0.6) is 0 Å². The fourth-order valence-electron chi connectivity index (χ4n) is 2.13. The number of nitriles is 1. The molecule has 0 spiro atoms. The summed E-state index contributed by atoms with van der Waals surface area (Å²) in [5, 5.41) is 8.55. The molecule has 0 N–H and O–H groups in total. The zero-order valence-electron chi connectivity index (χ0n) is 9.15. The molecule has 1 saturated heterocycles. The van der Waals surface area contributed by atoms with Crippen LogP contribution in [0.25, 0.3) is 0 Å². The first-order valence-electron chi connectivity index (χ1n) is 5.60. The third-order valence-electron chi connectivity index (χ3n) is 3.40. The normalized spacial score (nSPS) is 31.1. The Balaban J connectivity index is 1.78. The third-order valence-corrected chi connectivity index (χ3v) is 3.40. The molecule has 1 aliphatic heterocycles. The molecule has 2 atom stereocenters. The van der Waals surface area contributed by atoms with Crippen LogP contribution in [0.4, 0.5) is 0 Å². The van der Waals surface area contributed by atoms with Crippen LogP contribution in [0.15, 0.2) is 0 Å². The molecule has 0 aromatic rings. The molecule has 15 heavy (non-hydrogen) atoms. The number of amides is 1. The second-order valence-corrected chi connectivity index (χ2v) is 4.58. The maximum Gasteiger partial charge on any atom is 0.226 e. The molecular weight excluding hydrogens is 190 g/mol. The summed E-state index contributed by atoms with van der Waals surface area (Å²) in [6, 6.07) is 2.15. The van der Waals surface area contributed by atoms with Gasteiger partial charge >= 0.3 is 0 Å². The molecule has 1 heterocycles. The van der Waals surface area contributed by atoms with Crippen LogP contribution in [-0.4, -0.2) is 48.4 Å². The molecule has 2 aliphatic rings. The van der Waals surface area contributed by atoms with E-state index in [1.54, 1.807) is 0 Å². The van der Waals surface area contributed by atoms with E-state index in [2.05, 4.69) is 17.9 Å². The molecule has 1 aliphatic carbocycles. The Labute approximate surface area is 90.5 Å². The van der Waals surface area contributed by atoms with Gasteiger partial charge in [0.05, 0.1) is 12.6 Å². The fourth-order valence-corrected chi connectivity index (χ4v) is 2.13. The van der Waals surface area contributed by atoms with Crippen molar-refractivity contribution in [3.05, 3.63) is 0 Å². The van der Waals surface area contributed by atoms with Crippen molar-refractivity contribution in [2.24, 2.45) is 11.8 Å². The summed E-state index contributed by atoms with van der Waals surface area (Å²) in [5.41, 5.74) is 0. The van der Waals surface area contributed by atoms with Crippen molar-refractivity contribution in [3.63, 3.8) is 0 Å². The van der Waals surface area contributed by atoms with Crippen LogP contribution in [0.2, 0.25) is 0 Å². The molecular formula is C11H17N3O. The van der Waals surface area contributed by atoms with Gasteiger partial charge in [0.2, 0.25) is 5.91 Å². The minimum Gasteiger partial charge on any atom is -0.340 e. The summed E-state index contributed by atoms with van der Waals surface area (Å²) in [6.45, 7) is 5.91. The summed E-state index contributed by atoms with van der Waals surface area (Å²) in [6.07, 6.45) is 1.07. The molecule has 1 amide bonds. The average Bonchev–Trinajstić information content (AvgIpc) is 2.96. The number of hydrogen-bond donors (Lipinski definition) is 0. The zero-order valence-corrected chi connectivity index (χ0v) is 9.15. The number of rotatable bonds is 2. The topological polar surface area (TPSA) is 47.3 Å². The highest BCUT2D eigenvalue weighted by Crippen LogP contribution is 2.39. The first kappa shape index (κ1) is 10.4. The molecule has 4 nitrogen and oxygen atoms in total. The van der Waals surface area contributed by atoms with Gasteiger partial charge in [-0.2, -0.15) is 5.26 Å². The van der Waals surface area contributed by atoms with Gasteiger partial charge in [0.15, 0.2) is 0 Å². The minimum absolute atomic E-state index is 0.299. The monoisotopic (exact) mass is 207 g/mol. The third kappa shape index (κ3) is 2.29. The Kier molecular flexibility index (Phi) is 2.92. The number of carbonyl (C=O) groups is 1. The van der Waals surface area contributed by atoms with E-state index in [9.17, 15) is 4.79 Å². The summed E-state index contributed by atoms with van der Waals surface area (Å²) in [4.78, 5) is 15.9. The quantitative estimate of drug-likeness (QED) is 0.612. The van der Waals surface area contributed by atoms with Crippen LogP contribution in [0.1, 0.15) is 13.3 Å². The van der Waals surface area contributed by atoms with E-state index < -0.39 is 0 Å². The first-order chi connectivity index (χ1) is 7.22. The minimum atomic E-state index is 0.299. The molecule has 2 fully saturated rings. The highest BCUT2D eigenvalue weighted by molar-refractivity contribution is 5.81. The highest BCUT2D eigenvalue weighted by Gasteiger charge is 2.41. The van der Waals surface area contributed by atoms with Crippen LogP contribution in [0.3, 0.4) is 0 Å².